The molecule has 104 valence electrons. The summed E-state index contributed by atoms with van der Waals surface area (Å²) in [5.41, 5.74) is 7.03. The molecule has 2 rings (SSSR count). The van der Waals surface area contributed by atoms with E-state index in [2.05, 4.69) is 40.5 Å². The first-order valence-corrected chi connectivity index (χ1v) is 7.44. The van der Waals surface area contributed by atoms with E-state index in [1.54, 1.807) is 11.8 Å². The monoisotopic (exact) mass is 280 g/mol. The van der Waals surface area contributed by atoms with E-state index < -0.39 is 0 Å². The molecular formula is C12H20N6S. The fourth-order valence-corrected chi connectivity index (χ4v) is 2.98. The molecule has 7 heteroatoms. The number of imidazole rings is 1. The van der Waals surface area contributed by atoms with Gasteiger partial charge in [0.15, 0.2) is 5.16 Å². The van der Waals surface area contributed by atoms with Crippen LogP contribution in [0.15, 0.2) is 17.7 Å². The standard InChI is InChI=1S/C12H20N6S/c1-4-5-17-8-14-6-10(17)7-19-12-16-15-11(13)18(12)9(2)3/h6,8-9H,4-5,7H2,1-3H3,(H2,13,15). The molecule has 0 unspecified atom stereocenters. The molecule has 0 aliphatic heterocycles. The van der Waals surface area contributed by atoms with Gasteiger partial charge in [0.25, 0.3) is 0 Å². The molecule has 0 radical (unpaired) electrons. The van der Waals surface area contributed by atoms with E-state index in [-0.39, 0.29) is 6.04 Å². The minimum absolute atomic E-state index is 0.262. The first kappa shape index (κ1) is 13.9. The second-order valence-corrected chi connectivity index (χ2v) is 5.61. The van der Waals surface area contributed by atoms with E-state index >= 15 is 0 Å². The van der Waals surface area contributed by atoms with Gasteiger partial charge in [-0.3, -0.25) is 4.57 Å². The summed E-state index contributed by atoms with van der Waals surface area (Å²) >= 11 is 1.64. The van der Waals surface area contributed by atoms with E-state index in [0.29, 0.717) is 5.95 Å². The maximum absolute atomic E-state index is 5.83. The molecule has 0 aromatic carbocycles. The van der Waals surface area contributed by atoms with Gasteiger partial charge in [-0.25, -0.2) is 4.98 Å². The summed E-state index contributed by atoms with van der Waals surface area (Å²) in [6.07, 6.45) is 4.88. The second-order valence-electron chi connectivity index (χ2n) is 4.67. The number of hydrogen-bond donors (Lipinski definition) is 1. The van der Waals surface area contributed by atoms with Crippen LogP contribution in [0.1, 0.15) is 38.9 Å². The molecule has 2 N–H and O–H groups in total. The van der Waals surface area contributed by atoms with Gasteiger partial charge in [0.05, 0.1) is 6.33 Å². The Hall–Kier alpha value is -1.50. The maximum atomic E-state index is 5.83. The van der Waals surface area contributed by atoms with Gasteiger partial charge in [0.2, 0.25) is 5.95 Å². The zero-order chi connectivity index (χ0) is 13.8. The smallest absolute Gasteiger partial charge is 0.222 e. The Morgan fingerprint density at radius 3 is 2.84 bits per heavy atom. The van der Waals surface area contributed by atoms with Crippen LogP contribution in [-0.2, 0) is 12.3 Å². The summed E-state index contributed by atoms with van der Waals surface area (Å²) in [6, 6.07) is 0.262. The van der Waals surface area contributed by atoms with Crippen molar-refractivity contribution in [1.29, 1.82) is 0 Å². The molecule has 2 aromatic heterocycles. The lowest BCUT2D eigenvalue weighted by Gasteiger charge is -2.11. The SMILES string of the molecule is CCCn1cncc1CSc1nnc(N)n1C(C)C. The molecule has 0 saturated heterocycles. The van der Waals surface area contributed by atoms with Gasteiger partial charge in [0, 0.05) is 30.2 Å². The van der Waals surface area contributed by atoms with Gasteiger partial charge in [-0.2, -0.15) is 0 Å². The summed E-state index contributed by atoms with van der Waals surface area (Å²) in [5.74, 6) is 1.30. The number of nitrogens with zero attached hydrogens (tertiary/aromatic N) is 5. The van der Waals surface area contributed by atoms with Gasteiger partial charge >= 0.3 is 0 Å². The van der Waals surface area contributed by atoms with Crippen LogP contribution in [0.5, 0.6) is 0 Å². The minimum Gasteiger partial charge on any atom is -0.368 e. The van der Waals surface area contributed by atoms with Crippen molar-refractivity contribution < 1.29 is 0 Å². The van der Waals surface area contributed by atoms with Crippen LogP contribution in [0.2, 0.25) is 0 Å². The summed E-state index contributed by atoms with van der Waals surface area (Å²) in [5, 5.41) is 8.94. The fraction of sp³-hybridized carbons (Fsp3) is 0.583. The average molecular weight is 280 g/mol. The predicted molar refractivity (Wildman–Crippen MR) is 76.9 cm³/mol. The average Bonchev–Trinajstić information content (AvgIpc) is 2.94. The summed E-state index contributed by atoms with van der Waals surface area (Å²) in [7, 11) is 0. The highest BCUT2D eigenvalue weighted by Gasteiger charge is 2.13. The lowest BCUT2D eigenvalue weighted by Crippen LogP contribution is -2.07. The molecule has 2 heterocycles. The molecule has 19 heavy (non-hydrogen) atoms. The van der Waals surface area contributed by atoms with Crippen LogP contribution in [0.4, 0.5) is 5.95 Å². The molecule has 6 nitrogen and oxygen atoms in total. The number of hydrogen-bond acceptors (Lipinski definition) is 5. The molecule has 0 atom stereocenters. The Labute approximate surface area is 117 Å². The van der Waals surface area contributed by atoms with Crippen LogP contribution >= 0.6 is 11.8 Å². The number of rotatable bonds is 6. The highest BCUT2D eigenvalue weighted by atomic mass is 32.2. The van der Waals surface area contributed by atoms with E-state index in [9.17, 15) is 0 Å². The lowest BCUT2D eigenvalue weighted by molar-refractivity contribution is 0.557. The van der Waals surface area contributed by atoms with Crippen molar-refractivity contribution >= 4 is 17.7 Å². The molecular weight excluding hydrogens is 260 g/mol. The Morgan fingerprint density at radius 1 is 1.37 bits per heavy atom. The van der Waals surface area contributed by atoms with Crippen molar-refractivity contribution in [2.45, 2.75) is 50.7 Å². The highest BCUT2D eigenvalue weighted by molar-refractivity contribution is 7.98. The first-order valence-electron chi connectivity index (χ1n) is 6.45. The normalized spacial score (nSPS) is 11.4. The van der Waals surface area contributed by atoms with Crippen molar-refractivity contribution in [3.8, 4) is 0 Å². The van der Waals surface area contributed by atoms with Crippen LogP contribution in [0.3, 0.4) is 0 Å². The van der Waals surface area contributed by atoms with Crippen LogP contribution in [0.25, 0.3) is 0 Å². The van der Waals surface area contributed by atoms with Crippen molar-refractivity contribution in [1.82, 2.24) is 24.3 Å². The molecule has 0 bridgehead atoms. The summed E-state index contributed by atoms with van der Waals surface area (Å²) in [6.45, 7) is 7.30. The number of thioether (sulfide) groups is 1. The summed E-state index contributed by atoms with van der Waals surface area (Å²) < 4.78 is 4.12. The number of anilines is 1. The number of nitrogen functional groups attached to an aromatic ring is 1. The van der Waals surface area contributed by atoms with E-state index in [1.165, 1.54) is 5.69 Å². The number of nitrogens with two attached hydrogens (primary N) is 1. The topological polar surface area (TPSA) is 74.6 Å². The Kier molecular flexibility index (Phi) is 4.47. The third kappa shape index (κ3) is 3.09. The molecule has 2 aromatic rings. The third-order valence-electron chi connectivity index (χ3n) is 2.82. The first-order chi connectivity index (χ1) is 9.13. The van der Waals surface area contributed by atoms with Crippen molar-refractivity contribution in [3.05, 3.63) is 18.2 Å². The van der Waals surface area contributed by atoms with Gasteiger partial charge in [0.1, 0.15) is 0 Å². The van der Waals surface area contributed by atoms with Crippen molar-refractivity contribution in [2.24, 2.45) is 0 Å². The van der Waals surface area contributed by atoms with Crippen LogP contribution in [-0.4, -0.2) is 24.3 Å². The van der Waals surface area contributed by atoms with Crippen molar-refractivity contribution in [2.75, 3.05) is 5.73 Å². The molecule has 0 saturated carbocycles. The van der Waals surface area contributed by atoms with Gasteiger partial charge in [-0.05, 0) is 20.3 Å². The zero-order valence-corrected chi connectivity index (χ0v) is 12.4. The molecule has 0 aliphatic rings. The predicted octanol–water partition coefficient (Wildman–Crippen LogP) is 2.34. The quantitative estimate of drug-likeness (QED) is 0.822. The highest BCUT2D eigenvalue weighted by Crippen LogP contribution is 2.25. The second kappa shape index (κ2) is 6.10. The van der Waals surface area contributed by atoms with Gasteiger partial charge in [-0.1, -0.05) is 18.7 Å². The van der Waals surface area contributed by atoms with E-state index in [4.69, 9.17) is 5.73 Å². The minimum atomic E-state index is 0.262. The molecule has 0 fully saturated rings. The Morgan fingerprint density at radius 2 is 2.16 bits per heavy atom. The van der Waals surface area contributed by atoms with E-state index in [1.807, 2.05) is 17.1 Å². The Balaban J connectivity index is 2.08. The Bertz CT molecular complexity index is 530. The maximum Gasteiger partial charge on any atom is 0.222 e. The van der Waals surface area contributed by atoms with Crippen molar-refractivity contribution in [3.63, 3.8) is 0 Å². The molecule has 0 amide bonds. The zero-order valence-electron chi connectivity index (χ0n) is 11.6. The number of aromatic nitrogens is 5. The molecule has 0 aliphatic carbocycles. The fourth-order valence-electron chi connectivity index (χ4n) is 1.92. The largest absolute Gasteiger partial charge is 0.368 e. The van der Waals surface area contributed by atoms with E-state index in [0.717, 1.165) is 23.9 Å². The third-order valence-corrected chi connectivity index (χ3v) is 3.80. The molecule has 0 spiro atoms. The van der Waals surface area contributed by atoms with Crippen LogP contribution < -0.4 is 5.73 Å². The number of aryl methyl sites for hydroxylation is 1. The van der Waals surface area contributed by atoms with Gasteiger partial charge in [-0.15, -0.1) is 10.2 Å². The van der Waals surface area contributed by atoms with Crippen LogP contribution in [0, 0.1) is 0 Å². The lowest BCUT2D eigenvalue weighted by atomic mass is 10.4. The van der Waals surface area contributed by atoms with Gasteiger partial charge < -0.3 is 10.3 Å². The summed E-state index contributed by atoms with van der Waals surface area (Å²) in [4.78, 5) is 4.20.